The summed E-state index contributed by atoms with van der Waals surface area (Å²) in [6.07, 6.45) is 5.80. The average Bonchev–Trinajstić information content (AvgIpc) is 2.50. The summed E-state index contributed by atoms with van der Waals surface area (Å²) in [5.74, 6) is 0.912. The zero-order valence-corrected chi connectivity index (χ0v) is 12.4. The average molecular weight is 270 g/mol. The Morgan fingerprint density at radius 2 is 1.95 bits per heavy atom. The van der Waals surface area contributed by atoms with Crippen LogP contribution in [0.4, 0.5) is 0 Å². The molecule has 1 unspecified atom stereocenters. The molecule has 1 aromatic carbocycles. The molecule has 3 heteroatoms. The van der Waals surface area contributed by atoms with Crippen LogP contribution in [0, 0.1) is 6.92 Å². The van der Waals surface area contributed by atoms with Gasteiger partial charge in [-0.15, -0.1) is 0 Å². The fourth-order valence-electron chi connectivity index (χ4n) is 2.48. The van der Waals surface area contributed by atoms with Crippen molar-refractivity contribution in [2.75, 3.05) is 14.2 Å². The third-order valence-corrected chi connectivity index (χ3v) is 3.67. The Kier molecular flexibility index (Phi) is 5.13. The molecular formula is C17H22N2O. The van der Waals surface area contributed by atoms with Crippen LogP contribution in [0.15, 0.2) is 42.7 Å². The number of hydrogen-bond donors (Lipinski definition) is 1. The largest absolute Gasteiger partial charge is 0.497 e. The zero-order chi connectivity index (χ0) is 14.4. The van der Waals surface area contributed by atoms with Crippen LogP contribution in [0.3, 0.4) is 0 Å². The summed E-state index contributed by atoms with van der Waals surface area (Å²) in [6.45, 7) is 2.13. The highest BCUT2D eigenvalue weighted by molar-refractivity contribution is 5.36. The van der Waals surface area contributed by atoms with E-state index in [1.54, 1.807) is 7.11 Å². The van der Waals surface area contributed by atoms with Gasteiger partial charge >= 0.3 is 0 Å². The number of hydrogen-bond acceptors (Lipinski definition) is 3. The molecule has 20 heavy (non-hydrogen) atoms. The van der Waals surface area contributed by atoms with E-state index in [9.17, 15) is 0 Å². The molecule has 0 radical (unpaired) electrons. The van der Waals surface area contributed by atoms with Gasteiger partial charge in [0, 0.05) is 18.4 Å². The SMILES string of the molecule is CNC(CCc1ccncc1)c1ccc(OC)cc1C. The number of methoxy groups -OCH3 is 1. The van der Waals surface area contributed by atoms with Gasteiger partial charge in [0.25, 0.3) is 0 Å². The van der Waals surface area contributed by atoms with Crippen LogP contribution in [0.5, 0.6) is 5.75 Å². The van der Waals surface area contributed by atoms with Gasteiger partial charge in [-0.25, -0.2) is 0 Å². The molecule has 0 saturated carbocycles. The first-order valence-electron chi connectivity index (χ1n) is 6.95. The molecular weight excluding hydrogens is 248 g/mol. The summed E-state index contributed by atoms with van der Waals surface area (Å²) >= 11 is 0. The summed E-state index contributed by atoms with van der Waals surface area (Å²) in [4.78, 5) is 4.05. The summed E-state index contributed by atoms with van der Waals surface area (Å²) in [7, 11) is 3.72. The molecule has 0 aliphatic heterocycles. The maximum Gasteiger partial charge on any atom is 0.119 e. The number of ether oxygens (including phenoxy) is 1. The van der Waals surface area contributed by atoms with Crippen molar-refractivity contribution in [2.24, 2.45) is 0 Å². The van der Waals surface area contributed by atoms with Gasteiger partial charge in [-0.2, -0.15) is 0 Å². The molecule has 1 heterocycles. The fourth-order valence-corrected chi connectivity index (χ4v) is 2.48. The van der Waals surface area contributed by atoms with E-state index in [4.69, 9.17) is 4.74 Å². The van der Waals surface area contributed by atoms with Crippen LogP contribution in [-0.4, -0.2) is 19.1 Å². The Labute approximate surface area is 121 Å². The normalized spacial score (nSPS) is 12.2. The van der Waals surface area contributed by atoms with E-state index in [-0.39, 0.29) is 0 Å². The van der Waals surface area contributed by atoms with Crippen molar-refractivity contribution in [3.8, 4) is 5.75 Å². The number of rotatable bonds is 6. The van der Waals surface area contributed by atoms with Gasteiger partial charge < -0.3 is 10.1 Å². The molecule has 0 aliphatic carbocycles. The first-order chi connectivity index (χ1) is 9.74. The van der Waals surface area contributed by atoms with Gasteiger partial charge in [0.2, 0.25) is 0 Å². The van der Waals surface area contributed by atoms with E-state index < -0.39 is 0 Å². The minimum Gasteiger partial charge on any atom is -0.497 e. The lowest BCUT2D eigenvalue weighted by Gasteiger charge is -2.19. The van der Waals surface area contributed by atoms with Crippen molar-refractivity contribution in [3.05, 3.63) is 59.4 Å². The predicted octanol–water partition coefficient (Wildman–Crippen LogP) is 3.29. The van der Waals surface area contributed by atoms with E-state index in [0.29, 0.717) is 6.04 Å². The number of pyridine rings is 1. The summed E-state index contributed by atoms with van der Waals surface area (Å²) in [5.41, 5.74) is 3.92. The molecule has 1 aromatic heterocycles. The molecule has 0 fully saturated rings. The number of aromatic nitrogens is 1. The van der Waals surface area contributed by atoms with Gasteiger partial charge in [0.05, 0.1) is 7.11 Å². The third kappa shape index (κ3) is 3.58. The number of nitrogens with zero attached hydrogens (tertiary/aromatic N) is 1. The highest BCUT2D eigenvalue weighted by Crippen LogP contribution is 2.25. The van der Waals surface area contributed by atoms with Crippen LogP contribution in [0.1, 0.15) is 29.2 Å². The highest BCUT2D eigenvalue weighted by atomic mass is 16.5. The summed E-state index contributed by atoms with van der Waals surface area (Å²) < 4.78 is 5.27. The lowest BCUT2D eigenvalue weighted by molar-refractivity contribution is 0.414. The van der Waals surface area contributed by atoms with Crippen LogP contribution >= 0.6 is 0 Å². The Hall–Kier alpha value is -1.87. The second kappa shape index (κ2) is 7.06. The van der Waals surface area contributed by atoms with Gasteiger partial charge in [0.1, 0.15) is 5.75 Å². The van der Waals surface area contributed by atoms with E-state index in [1.807, 2.05) is 25.5 Å². The fraction of sp³-hybridized carbons (Fsp3) is 0.353. The highest BCUT2D eigenvalue weighted by Gasteiger charge is 2.12. The molecule has 0 spiro atoms. The molecule has 106 valence electrons. The minimum atomic E-state index is 0.356. The van der Waals surface area contributed by atoms with Crippen molar-refractivity contribution < 1.29 is 4.74 Å². The molecule has 2 aromatic rings. The predicted molar refractivity (Wildman–Crippen MR) is 82.1 cm³/mol. The van der Waals surface area contributed by atoms with Crippen molar-refractivity contribution in [1.29, 1.82) is 0 Å². The van der Waals surface area contributed by atoms with Crippen LogP contribution in [0.25, 0.3) is 0 Å². The maximum atomic E-state index is 5.27. The molecule has 0 saturated heterocycles. The Balaban J connectivity index is 2.08. The number of aryl methyl sites for hydroxylation is 2. The number of nitrogens with one attached hydrogen (secondary N) is 1. The van der Waals surface area contributed by atoms with Gasteiger partial charge in [-0.1, -0.05) is 6.07 Å². The molecule has 0 amide bonds. The van der Waals surface area contributed by atoms with E-state index in [1.165, 1.54) is 16.7 Å². The minimum absolute atomic E-state index is 0.356. The van der Waals surface area contributed by atoms with E-state index in [0.717, 1.165) is 18.6 Å². The lowest BCUT2D eigenvalue weighted by Crippen LogP contribution is -2.18. The van der Waals surface area contributed by atoms with Crippen molar-refractivity contribution in [1.82, 2.24) is 10.3 Å². The molecule has 1 atom stereocenters. The maximum absolute atomic E-state index is 5.27. The van der Waals surface area contributed by atoms with E-state index in [2.05, 4.69) is 41.5 Å². The number of benzene rings is 1. The molecule has 3 nitrogen and oxygen atoms in total. The molecule has 0 aliphatic rings. The van der Waals surface area contributed by atoms with E-state index >= 15 is 0 Å². The Morgan fingerprint density at radius 3 is 2.55 bits per heavy atom. The summed E-state index contributed by atoms with van der Waals surface area (Å²) in [5, 5.41) is 3.41. The van der Waals surface area contributed by atoms with Crippen LogP contribution < -0.4 is 10.1 Å². The first kappa shape index (κ1) is 14.5. The topological polar surface area (TPSA) is 34.2 Å². The van der Waals surface area contributed by atoms with Crippen molar-refractivity contribution in [3.63, 3.8) is 0 Å². The molecule has 0 bridgehead atoms. The molecule has 1 N–H and O–H groups in total. The monoisotopic (exact) mass is 270 g/mol. The second-order valence-corrected chi connectivity index (χ2v) is 4.96. The second-order valence-electron chi connectivity index (χ2n) is 4.96. The first-order valence-corrected chi connectivity index (χ1v) is 6.95. The van der Waals surface area contributed by atoms with Crippen molar-refractivity contribution >= 4 is 0 Å². The van der Waals surface area contributed by atoms with Gasteiger partial charge in [-0.3, -0.25) is 4.98 Å². The van der Waals surface area contributed by atoms with Crippen molar-refractivity contribution in [2.45, 2.75) is 25.8 Å². The lowest BCUT2D eigenvalue weighted by atomic mass is 9.96. The quantitative estimate of drug-likeness (QED) is 0.874. The smallest absolute Gasteiger partial charge is 0.119 e. The Morgan fingerprint density at radius 1 is 1.20 bits per heavy atom. The van der Waals surface area contributed by atoms with Crippen LogP contribution in [0.2, 0.25) is 0 Å². The van der Waals surface area contributed by atoms with Crippen LogP contribution in [-0.2, 0) is 6.42 Å². The van der Waals surface area contributed by atoms with Gasteiger partial charge in [0.15, 0.2) is 0 Å². The third-order valence-electron chi connectivity index (χ3n) is 3.67. The molecule has 2 rings (SSSR count). The Bertz CT molecular complexity index is 540. The van der Waals surface area contributed by atoms with Gasteiger partial charge in [-0.05, 0) is 67.8 Å². The summed E-state index contributed by atoms with van der Waals surface area (Å²) in [6, 6.07) is 10.8. The zero-order valence-electron chi connectivity index (χ0n) is 12.4. The standard InChI is InChI=1S/C17H22N2O/c1-13-12-15(20-3)5-6-16(13)17(18-2)7-4-14-8-10-19-11-9-14/h5-6,8-12,17-18H,4,7H2,1-3H3.